The van der Waals surface area contributed by atoms with Crippen LogP contribution in [0.4, 0.5) is 0 Å². The maximum absolute atomic E-state index is 12.3. The van der Waals surface area contributed by atoms with Crippen LogP contribution in [0, 0.1) is 0 Å². The molecule has 0 unspecified atom stereocenters. The van der Waals surface area contributed by atoms with Gasteiger partial charge in [0.1, 0.15) is 11.4 Å². The second kappa shape index (κ2) is 7.10. The van der Waals surface area contributed by atoms with E-state index in [1.54, 1.807) is 12.4 Å². The van der Waals surface area contributed by atoms with Crippen molar-refractivity contribution in [1.82, 2.24) is 29.8 Å². The van der Waals surface area contributed by atoms with E-state index in [0.29, 0.717) is 24.3 Å². The molecule has 0 saturated heterocycles. The molecule has 26 heavy (non-hydrogen) atoms. The number of rotatable bonds is 5. The summed E-state index contributed by atoms with van der Waals surface area (Å²) in [4.78, 5) is 29.6. The van der Waals surface area contributed by atoms with E-state index in [4.69, 9.17) is 0 Å². The van der Waals surface area contributed by atoms with E-state index in [-0.39, 0.29) is 5.91 Å². The van der Waals surface area contributed by atoms with Gasteiger partial charge in [-0.15, -0.1) is 0 Å². The quantitative estimate of drug-likeness (QED) is 0.600. The van der Waals surface area contributed by atoms with Gasteiger partial charge in [0.25, 0.3) is 5.91 Å². The van der Waals surface area contributed by atoms with E-state index in [1.165, 1.54) is 6.20 Å². The van der Waals surface area contributed by atoms with Crippen molar-refractivity contribution < 1.29 is 4.79 Å². The van der Waals surface area contributed by atoms with Crippen LogP contribution in [0.15, 0.2) is 67.3 Å². The third-order valence-electron chi connectivity index (χ3n) is 3.93. The molecule has 7 nitrogen and oxygen atoms in total. The lowest BCUT2D eigenvalue weighted by Crippen LogP contribution is -2.28. The number of pyridine rings is 1. The fraction of sp³-hybridized carbons (Fsp3) is 0.105. The lowest BCUT2D eigenvalue weighted by Gasteiger charge is -2.09. The highest BCUT2D eigenvalue weighted by Crippen LogP contribution is 2.13. The number of fused-ring (bicyclic) bond motifs is 1. The van der Waals surface area contributed by atoms with Crippen LogP contribution in [-0.2, 0) is 6.54 Å². The van der Waals surface area contributed by atoms with Gasteiger partial charge in [-0.25, -0.2) is 9.97 Å². The normalized spacial score (nSPS) is 10.8. The highest BCUT2D eigenvalue weighted by molar-refractivity contribution is 5.93. The van der Waals surface area contributed by atoms with Crippen molar-refractivity contribution in [1.29, 1.82) is 0 Å². The SMILES string of the molecule is O=C(NCCn1ccnc1-c1ccccn1)c1cnc2ccccc2n1. The Bertz CT molecular complexity index is 1040. The maximum Gasteiger partial charge on any atom is 0.271 e. The number of amides is 1. The van der Waals surface area contributed by atoms with Gasteiger partial charge < -0.3 is 9.88 Å². The third kappa shape index (κ3) is 3.27. The van der Waals surface area contributed by atoms with Crippen LogP contribution in [0.3, 0.4) is 0 Å². The van der Waals surface area contributed by atoms with Gasteiger partial charge in [-0.2, -0.15) is 0 Å². The van der Waals surface area contributed by atoms with Gasteiger partial charge in [-0.1, -0.05) is 18.2 Å². The summed E-state index contributed by atoms with van der Waals surface area (Å²) in [6, 6.07) is 13.1. The van der Waals surface area contributed by atoms with E-state index in [9.17, 15) is 4.79 Å². The molecule has 0 aliphatic carbocycles. The molecule has 0 atom stereocenters. The molecule has 0 spiro atoms. The van der Waals surface area contributed by atoms with Crippen molar-refractivity contribution in [2.45, 2.75) is 6.54 Å². The summed E-state index contributed by atoms with van der Waals surface area (Å²) in [5.74, 6) is 0.521. The lowest BCUT2D eigenvalue weighted by atomic mass is 10.3. The highest BCUT2D eigenvalue weighted by atomic mass is 16.1. The molecule has 4 rings (SSSR count). The van der Waals surface area contributed by atoms with Crippen molar-refractivity contribution >= 4 is 16.9 Å². The number of hydrogen-bond acceptors (Lipinski definition) is 5. The van der Waals surface area contributed by atoms with Crippen molar-refractivity contribution in [3.05, 3.63) is 72.9 Å². The fourth-order valence-corrected chi connectivity index (χ4v) is 2.66. The minimum absolute atomic E-state index is 0.247. The number of carbonyl (C=O) groups excluding carboxylic acids is 1. The molecule has 7 heteroatoms. The van der Waals surface area contributed by atoms with E-state index in [1.807, 2.05) is 53.2 Å². The summed E-state index contributed by atoms with van der Waals surface area (Å²) in [6.45, 7) is 1.03. The Morgan fingerprint density at radius 3 is 2.65 bits per heavy atom. The van der Waals surface area contributed by atoms with Crippen LogP contribution in [0.1, 0.15) is 10.5 Å². The van der Waals surface area contributed by atoms with Crippen molar-refractivity contribution in [3.8, 4) is 11.5 Å². The molecule has 0 aliphatic heterocycles. The van der Waals surface area contributed by atoms with Crippen molar-refractivity contribution in [2.75, 3.05) is 6.54 Å². The number of para-hydroxylation sites is 2. The summed E-state index contributed by atoms with van der Waals surface area (Å²) >= 11 is 0. The van der Waals surface area contributed by atoms with Crippen LogP contribution < -0.4 is 5.32 Å². The number of nitrogens with zero attached hydrogens (tertiary/aromatic N) is 5. The molecule has 3 heterocycles. The van der Waals surface area contributed by atoms with Gasteiger partial charge in [0.2, 0.25) is 0 Å². The molecule has 4 aromatic rings. The second-order valence-corrected chi connectivity index (χ2v) is 5.66. The number of hydrogen-bond donors (Lipinski definition) is 1. The molecule has 1 amide bonds. The van der Waals surface area contributed by atoms with Gasteiger partial charge in [0, 0.05) is 31.7 Å². The third-order valence-corrected chi connectivity index (χ3v) is 3.93. The molecule has 128 valence electrons. The Morgan fingerprint density at radius 1 is 0.962 bits per heavy atom. The zero-order valence-corrected chi connectivity index (χ0v) is 13.9. The van der Waals surface area contributed by atoms with Crippen LogP contribution >= 0.6 is 0 Å². The molecule has 0 fully saturated rings. The maximum atomic E-state index is 12.3. The van der Waals surface area contributed by atoms with Gasteiger partial charge in [0.15, 0.2) is 5.82 Å². The summed E-state index contributed by atoms with van der Waals surface area (Å²) < 4.78 is 1.95. The summed E-state index contributed by atoms with van der Waals surface area (Å²) in [6.07, 6.45) is 6.81. The summed E-state index contributed by atoms with van der Waals surface area (Å²) in [5.41, 5.74) is 2.57. The Hall–Kier alpha value is -3.61. The minimum atomic E-state index is -0.247. The molecule has 0 aliphatic rings. The summed E-state index contributed by atoms with van der Waals surface area (Å²) in [7, 11) is 0. The number of benzene rings is 1. The van der Waals surface area contributed by atoms with E-state index in [2.05, 4.69) is 25.3 Å². The van der Waals surface area contributed by atoms with Gasteiger partial charge in [0.05, 0.1) is 17.2 Å². The Morgan fingerprint density at radius 2 is 1.81 bits per heavy atom. The zero-order valence-electron chi connectivity index (χ0n) is 13.9. The number of aromatic nitrogens is 5. The topological polar surface area (TPSA) is 85.6 Å². The van der Waals surface area contributed by atoms with Gasteiger partial charge >= 0.3 is 0 Å². The van der Waals surface area contributed by atoms with Crippen molar-refractivity contribution in [2.24, 2.45) is 0 Å². The molecule has 1 N–H and O–H groups in total. The van der Waals surface area contributed by atoms with Crippen LogP contribution in [0.25, 0.3) is 22.6 Å². The van der Waals surface area contributed by atoms with Crippen molar-refractivity contribution in [3.63, 3.8) is 0 Å². The van der Waals surface area contributed by atoms with E-state index >= 15 is 0 Å². The van der Waals surface area contributed by atoms with Gasteiger partial charge in [-0.3, -0.25) is 14.8 Å². The first-order chi connectivity index (χ1) is 12.8. The largest absolute Gasteiger partial charge is 0.349 e. The number of carbonyl (C=O) groups is 1. The van der Waals surface area contributed by atoms with Gasteiger partial charge in [-0.05, 0) is 24.3 Å². The fourth-order valence-electron chi connectivity index (χ4n) is 2.66. The first-order valence-corrected chi connectivity index (χ1v) is 8.24. The predicted octanol–water partition coefficient (Wildman–Crippen LogP) is 2.32. The molecule has 3 aromatic heterocycles. The molecule has 0 radical (unpaired) electrons. The van der Waals surface area contributed by atoms with E-state index in [0.717, 1.165) is 17.0 Å². The molecular formula is C19H16N6O. The molecule has 0 saturated carbocycles. The standard InChI is InChI=1S/C19H16N6O/c26-19(17-13-23-14-5-1-2-6-15(14)24-17)22-10-12-25-11-9-21-18(25)16-7-3-4-8-20-16/h1-9,11,13H,10,12H2,(H,22,26). The Labute approximate surface area is 149 Å². The minimum Gasteiger partial charge on any atom is -0.349 e. The first-order valence-electron chi connectivity index (χ1n) is 8.24. The average Bonchev–Trinajstić information content (AvgIpc) is 3.17. The second-order valence-electron chi connectivity index (χ2n) is 5.66. The Balaban J connectivity index is 1.42. The number of nitrogens with one attached hydrogen (secondary N) is 1. The molecular weight excluding hydrogens is 328 g/mol. The van der Waals surface area contributed by atoms with Crippen LogP contribution in [0.2, 0.25) is 0 Å². The summed E-state index contributed by atoms with van der Waals surface area (Å²) in [5, 5.41) is 2.87. The monoisotopic (exact) mass is 344 g/mol. The zero-order chi connectivity index (χ0) is 17.8. The average molecular weight is 344 g/mol. The lowest BCUT2D eigenvalue weighted by molar-refractivity contribution is 0.0947. The smallest absolute Gasteiger partial charge is 0.271 e. The van der Waals surface area contributed by atoms with E-state index < -0.39 is 0 Å². The van der Waals surface area contributed by atoms with Crippen LogP contribution in [0.5, 0.6) is 0 Å². The molecule has 1 aromatic carbocycles. The first kappa shape index (κ1) is 15.9. The number of imidazole rings is 1. The predicted molar refractivity (Wildman–Crippen MR) is 97.3 cm³/mol. The highest BCUT2D eigenvalue weighted by Gasteiger charge is 2.10. The Kier molecular flexibility index (Phi) is 4.34. The molecule has 0 bridgehead atoms. The van der Waals surface area contributed by atoms with Crippen LogP contribution in [-0.4, -0.2) is 37.0 Å².